The molecule has 1 heterocycles. The third kappa shape index (κ3) is 1.80. The average Bonchev–Trinajstić information content (AvgIpc) is 2.32. The van der Waals surface area contributed by atoms with Crippen LogP contribution in [0.1, 0.15) is 12.8 Å². The van der Waals surface area contributed by atoms with Gasteiger partial charge in [-0.05, 0) is 0 Å². The van der Waals surface area contributed by atoms with Crippen molar-refractivity contribution in [3.05, 3.63) is 12.7 Å². The first-order valence-electron chi connectivity index (χ1n) is 3.69. The highest BCUT2D eigenvalue weighted by atomic mass is 16.6. The van der Waals surface area contributed by atoms with Crippen molar-refractivity contribution in [3.63, 3.8) is 0 Å². The van der Waals surface area contributed by atoms with Crippen LogP contribution >= 0.6 is 0 Å². The Morgan fingerprint density at radius 3 is 3.09 bits per heavy atom. The standard InChI is InChI=1S/C8H12O3/c1-2-3-7-6(5-9)4-8(10)11-7/h2,6-7,9H,1,3-5H2/t6-,7-/m0/s1. The van der Waals surface area contributed by atoms with E-state index in [2.05, 4.69) is 6.58 Å². The zero-order valence-electron chi connectivity index (χ0n) is 6.32. The van der Waals surface area contributed by atoms with E-state index in [1.807, 2.05) is 0 Å². The molecule has 11 heavy (non-hydrogen) atoms. The Kier molecular flexibility index (Phi) is 2.65. The van der Waals surface area contributed by atoms with Crippen molar-refractivity contribution in [2.24, 2.45) is 5.92 Å². The van der Waals surface area contributed by atoms with Gasteiger partial charge in [0.15, 0.2) is 0 Å². The lowest BCUT2D eigenvalue weighted by Crippen LogP contribution is -2.18. The van der Waals surface area contributed by atoms with Gasteiger partial charge in [-0.1, -0.05) is 6.08 Å². The van der Waals surface area contributed by atoms with Crippen molar-refractivity contribution in [1.82, 2.24) is 0 Å². The van der Waals surface area contributed by atoms with Gasteiger partial charge >= 0.3 is 5.97 Å². The smallest absolute Gasteiger partial charge is 0.306 e. The number of ether oxygens (including phenoxy) is 1. The summed E-state index contributed by atoms with van der Waals surface area (Å²) in [5.74, 6) is -0.239. The molecule has 1 rings (SSSR count). The van der Waals surface area contributed by atoms with Gasteiger partial charge in [0.25, 0.3) is 0 Å². The van der Waals surface area contributed by atoms with E-state index in [4.69, 9.17) is 9.84 Å². The summed E-state index contributed by atoms with van der Waals surface area (Å²) in [4.78, 5) is 10.7. The van der Waals surface area contributed by atoms with E-state index in [1.54, 1.807) is 6.08 Å². The fourth-order valence-corrected chi connectivity index (χ4v) is 1.25. The molecule has 0 spiro atoms. The molecule has 0 amide bonds. The molecule has 3 heteroatoms. The van der Waals surface area contributed by atoms with Crippen LogP contribution in [-0.2, 0) is 9.53 Å². The van der Waals surface area contributed by atoms with E-state index >= 15 is 0 Å². The van der Waals surface area contributed by atoms with Crippen LogP contribution in [0.5, 0.6) is 0 Å². The van der Waals surface area contributed by atoms with Crippen molar-refractivity contribution in [1.29, 1.82) is 0 Å². The zero-order valence-corrected chi connectivity index (χ0v) is 6.32. The molecule has 0 radical (unpaired) electrons. The number of esters is 1. The molecule has 1 N–H and O–H groups in total. The van der Waals surface area contributed by atoms with E-state index in [0.29, 0.717) is 12.8 Å². The van der Waals surface area contributed by atoms with E-state index in [9.17, 15) is 4.79 Å². The SMILES string of the molecule is C=CC[C@@H]1OC(=O)C[C@H]1CO. The minimum atomic E-state index is -0.212. The summed E-state index contributed by atoms with van der Waals surface area (Å²) in [6, 6.07) is 0. The number of hydrogen-bond donors (Lipinski definition) is 1. The minimum absolute atomic E-state index is 0.0181. The molecule has 1 aliphatic rings. The van der Waals surface area contributed by atoms with Crippen molar-refractivity contribution in [3.8, 4) is 0 Å². The number of aliphatic hydroxyl groups excluding tert-OH is 1. The quantitative estimate of drug-likeness (QED) is 0.477. The minimum Gasteiger partial charge on any atom is -0.462 e. The van der Waals surface area contributed by atoms with Gasteiger partial charge in [0, 0.05) is 18.9 Å². The fraction of sp³-hybridized carbons (Fsp3) is 0.625. The highest BCUT2D eigenvalue weighted by Crippen LogP contribution is 2.23. The second kappa shape index (κ2) is 3.53. The largest absolute Gasteiger partial charge is 0.462 e. The molecular formula is C8H12O3. The van der Waals surface area contributed by atoms with E-state index in [-0.39, 0.29) is 24.6 Å². The Hall–Kier alpha value is -0.830. The lowest BCUT2D eigenvalue weighted by Gasteiger charge is -2.12. The van der Waals surface area contributed by atoms with E-state index in [1.165, 1.54) is 0 Å². The Morgan fingerprint density at radius 1 is 1.82 bits per heavy atom. The molecule has 0 aromatic carbocycles. The Balaban J connectivity index is 2.49. The van der Waals surface area contributed by atoms with E-state index < -0.39 is 0 Å². The molecule has 1 saturated heterocycles. The molecule has 62 valence electrons. The Morgan fingerprint density at radius 2 is 2.55 bits per heavy atom. The van der Waals surface area contributed by atoms with E-state index in [0.717, 1.165) is 0 Å². The summed E-state index contributed by atoms with van der Waals surface area (Å²) in [6.07, 6.45) is 2.53. The molecule has 0 saturated carbocycles. The van der Waals surface area contributed by atoms with Gasteiger partial charge in [-0.15, -0.1) is 6.58 Å². The van der Waals surface area contributed by atoms with Crippen LogP contribution < -0.4 is 0 Å². The second-order valence-corrected chi connectivity index (χ2v) is 2.70. The monoisotopic (exact) mass is 156 g/mol. The van der Waals surface area contributed by atoms with Crippen LogP contribution in [0.25, 0.3) is 0 Å². The summed E-state index contributed by atoms with van der Waals surface area (Å²) >= 11 is 0. The van der Waals surface area contributed by atoms with Gasteiger partial charge in [0.2, 0.25) is 0 Å². The van der Waals surface area contributed by atoms with Crippen LogP contribution in [0.2, 0.25) is 0 Å². The van der Waals surface area contributed by atoms with Crippen LogP contribution in [0.4, 0.5) is 0 Å². The highest BCUT2D eigenvalue weighted by Gasteiger charge is 2.32. The van der Waals surface area contributed by atoms with Crippen molar-refractivity contribution >= 4 is 5.97 Å². The normalized spacial score (nSPS) is 30.1. The topological polar surface area (TPSA) is 46.5 Å². The van der Waals surface area contributed by atoms with Gasteiger partial charge < -0.3 is 9.84 Å². The molecule has 2 atom stereocenters. The predicted octanol–water partition coefficient (Wildman–Crippen LogP) is 0.486. The molecule has 0 aromatic heterocycles. The van der Waals surface area contributed by atoms with Crippen molar-refractivity contribution in [2.75, 3.05) is 6.61 Å². The average molecular weight is 156 g/mol. The number of hydrogen-bond acceptors (Lipinski definition) is 3. The Labute approximate surface area is 65.7 Å². The summed E-state index contributed by atoms with van der Waals surface area (Å²) in [6.45, 7) is 3.56. The molecule has 0 aromatic rings. The first kappa shape index (κ1) is 8.27. The van der Waals surface area contributed by atoms with Crippen LogP contribution in [0, 0.1) is 5.92 Å². The van der Waals surface area contributed by atoms with Crippen molar-refractivity contribution < 1.29 is 14.6 Å². The first-order chi connectivity index (χ1) is 5.27. The number of cyclic esters (lactones) is 1. The third-order valence-corrected chi connectivity index (χ3v) is 1.87. The van der Waals surface area contributed by atoms with Crippen LogP contribution in [0.15, 0.2) is 12.7 Å². The van der Waals surface area contributed by atoms with Gasteiger partial charge in [0.05, 0.1) is 6.42 Å². The first-order valence-corrected chi connectivity index (χ1v) is 3.69. The molecule has 0 bridgehead atoms. The second-order valence-electron chi connectivity index (χ2n) is 2.70. The molecule has 1 fully saturated rings. The molecule has 1 aliphatic heterocycles. The van der Waals surface area contributed by atoms with Crippen LogP contribution in [-0.4, -0.2) is 23.8 Å². The predicted molar refractivity (Wildman–Crippen MR) is 39.9 cm³/mol. The highest BCUT2D eigenvalue weighted by molar-refractivity contribution is 5.72. The number of aliphatic hydroxyl groups is 1. The molecule has 0 unspecified atom stereocenters. The number of rotatable bonds is 3. The summed E-state index contributed by atoms with van der Waals surface area (Å²) in [5, 5.41) is 8.81. The lowest BCUT2D eigenvalue weighted by molar-refractivity contribution is -0.141. The van der Waals surface area contributed by atoms with Crippen molar-refractivity contribution in [2.45, 2.75) is 18.9 Å². The summed E-state index contributed by atoms with van der Waals surface area (Å²) in [5.41, 5.74) is 0. The fourth-order valence-electron chi connectivity index (χ4n) is 1.25. The van der Waals surface area contributed by atoms with Gasteiger partial charge in [-0.3, -0.25) is 4.79 Å². The summed E-state index contributed by atoms with van der Waals surface area (Å²) < 4.78 is 4.94. The third-order valence-electron chi connectivity index (χ3n) is 1.87. The lowest BCUT2D eigenvalue weighted by atomic mass is 10.0. The number of carbonyl (C=O) groups excluding carboxylic acids is 1. The van der Waals surface area contributed by atoms with Gasteiger partial charge in [-0.2, -0.15) is 0 Å². The zero-order chi connectivity index (χ0) is 8.27. The number of carbonyl (C=O) groups is 1. The maximum absolute atomic E-state index is 10.7. The van der Waals surface area contributed by atoms with Gasteiger partial charge in [-0.25, -0.2) is 0 Å². The van der Waals surface area contributed by atoms with Crippen LogP contribution in [0.3, 0.4) is 0 Å². The molecule has 3 nitrogen and oxygen atoms in total. The Bertz CT molecular complexity index is 165. The molecular weight excluding hydrogens is 144 g/mol. The maximum Gasteiger partial charge on any atom is 0.306 e. The summed E-state index contributed by atoms with van der Waals surface area (Å²) in [7, 11) is 0. The maximum atomic E-state index is 10.7. The van der Waals surface area contributed by atoms with Gasteiger partial charge in [0.1, 0.15) is 6.10 Å². The molecule has 0 aliphatic carbocycles.